The molecule has 0 radical (unpaired) electrons. The second-order valence-electron chi connectivity index (χ2n) is 5.51. The van der Waals surface area contributed by atoms with E-state index in [9.17, 15) is 9.18 Å². The van der Waals surface area contributed by atoms with Gasteiger partial charge < -0.3 is 10.6 Å². The highest BCUT2D eigenvalue weighted by Crippen LogP contribution is 2.36. The van der Waals surface area contributed by atoms with Gasteiger partial charge in [-0.25, -0.2) is 4.39 Å². The van der Waals surface area contributed by atoms with Crippen LogP contribution in [0, 0.1) is 11.2 Å². The van der Waals surface area contributed by atoms with Crippen LogP contribution in [-0.4, -0.2) is 19.0 Å². The quantitative estimate of drug-likeness (QED) is 0.865. The fourth-order valence-electron chi connectivity index (χ4n) is 2.87. The van der Waals surface area contributed by atoms with Crippen LogP contribution in [0.1, 0.15) is 32.6 Å². The maximum atomic E-state index is 13.2. The first-order valence-corrected chi connectivity index (χ1v) is 7.91. The van der Waals surface area contributed by atoms with Gasteiger partial charge in [-0.3, -0.25) is 4.79 Å². The molecule has 21 heavy (non-hydrogen) atoms. The number of amides is 1. The molecule has 1 atom stereocenters. The number of carbonyl (C=O) groups excluding carboxylic acids is 1. The van der Waals surface area contributed by atoms with Gasteiger partial charge in [0, 0.05) is 6.54 Å². The van der Waals surface area contributed by atoms with Gasteiger partial charge in [-0.15, -0.1) is 0 Å². The summed E-state index contributed by atoms with van der Waals surface area (Å²) in [5.74, 6) is -0.627. The van der Waals surface area contributed by atoms with E-state index < -0.39 is 11.2 Å². The zero-order chi connectivity index (χ0) is 15.5. The van der Waals surface area contributed by atoms with Crippen molar-refractivity contribution in [2.75, 3.05) is 18.4 Å². The highest BCUT2D eigenvalue weighted by molar-refractivity contribution is 6.39. The lowest BCUT2D eigenvalue weighted by molar-refractivity contribution is -0.127. The van der Waals surface area contributed by atoms with Gasteiger partial charge in [0.25, 0.3) is 0 Å². The number of halogens is 3. The summed E-state index contributed by atoms with van der Waals surface area (Å²) >= 11 is 12.0. The Morgan fingerprint density at radius 3 is 2.62 bits per heavy atom. The lowest BCUT2D eigenvalue weighted by Crippen LogP contribution is -2.48. The Hall–Kier alpha value is -0.840. The summed E-state index contributed by atoms with van der Waals surface area (Å²) in [7, 11) is 0. The molecule has 1 saturated heterocycles. The van der Waals surface area contributed by atoms with Crippen molar-refractivity contribution in [1.29, 1.82) is 0 Å². The number of hydrogen-bond acceptors (Lipinski definition) is 2. The van der Waals surface area contributed by atoms with Gasteiger partial charge in [-0.05, 0) is 37.9 Å². The second kappa shape index (κ2) is 6.95. The van der Waals surface area contributed by atoms with Gasteiger partial charge in [-0.2, -0.15) is 0 Å². The Kier molecular flexibility index (Phi) is 5.47. The molecule has 0 aliphatic carbocycles. The summed E-state index contributed by atoms with van der Waals surface area (Å²) in [6.07, 6.45) is 3.50. The van der Waals surface area contributed by atoms with Gasteiger partial charge in [0.2, 0.25) is 5.91 Å². The summed E-state index contributed by atoms with van der Waals surface area (Å²) in [5.41, 5.74) is -0.167. The molecule has 0 spiro atoms. The molecule has 1 heterocycles. The number of piperidine rings is 1. The van der Waals surface area contributed by atoms with Crippen molar-refractivity contribution >= 4 is 34.8 Å². The molecule has 1 aromatic rings. The zero-order valence-corrected chi connectivity index (χ0v) is 13.5. The number of rotatable bonds is 4. The monoisotopic (exact) mass is 332 g/mol. The summed E-state index contributed by atoms with van der Waals surface area (Å²) in [5, 5.41) is 6.30. The van der Waals surface area contributed by atoms with E-state index in [0.29, 0.717) is 6.54 Å². The molecule has 1 fully saturated rings. The minimum atomic E-state index is -0.523. The normalized spacial score (nSPS) is 22.1. The Balaban J connectivity index is 2.23. The third kappa shape index (κ3) is 3.68. The fourth-order valence-corrected chi connectivity index (χ4v) is 3.43. The zero-order valence-electron chi connectivity index (χ0n) is 11.9. The number of anilines is 1. The molecule has 0 saturated carbocycles. The Bertz CT molecular complexity index is 502. The van der Waals surface area contributed by atoms with E-state index in [1.807, 2.05) is 0 Å². The first kappa shape index (κ1) is 16.5. The van der Waals surface area contributed by atoms with E-state index >= 15 is 0 Å². The molecule has 1 aliphatic heterocycles. The predicted molar refractivity (Wildman–Crippen MR) is 84.5 cm³/mol. The van der Waals surface area contributed by atoms with Crippen LogP contribution in [0.5, 0.6) is 0 Å². The minimum Gasteiger partial charge on any atom is -0.323 e. The lowest BCUT2D eigenvalue weighted by Gasteiger charge is -2.36. The van der Waals surface area contributed by atoms with Crippen molar-refractivity contribution in [2.45, 2.75) is 32.6 Å². The van der Waals surface area contributed by atoms with E-state index in [1.165, 1.54) is 0 Å². The number of carbonyl (C=O) groups is 1. The maximum Gasteiger partial charge on any atom is 0.231 e. The third-order valence-corrected chi connectivity index (χ3v) is 4.52. The van der Waals surface area contributed by atoms with Crippen LogP contribution in [0.2, 0.25) is 10.0 Å². The topological polar surface area (TPSA) is 41.1 Å². The van der Waals surface area contributed by atoms with Gasteiger partial charge in [0.1, 0.15) is 5.82 Å². The van der Waals surface area contributed by atoms with E-state index in [2.05, 4.69) is 17.6 Å². The predicted octanol–water partition coefficient (Wildman–Crippen LogP) is 4.24. The molecular formula is C15H19Cl2FN2O. The van der Waals surface area contributed by atoms with E-state index in [0.717, 1.165) is 44.4 Å². The molecule has 0 aromatic heterocycles. The summed E-state index contributed by atoms with van der Waals surface area (Å²) < 4.78 is 13.2. The smallest absolute Gasteiger partial charge is 0.231 e. The molecule has 1 amide bonds. The van der Waals surface area contributed by atoms with E-state index in [4.69, 9.17) is 23.2 Å². The largest absolute Gasteiger partial charge is 0.323 e. The molecule has 3 nitrogen and oxygen atoms in total. The molecule has 1 aromatic carbocycles. The van der Waals surface area contributed by atoms with Crippen LogP contribution in [0.25, 0.3) is 0 Å². The SMILES string of the molecule is CCCC1(C(=O)Nc2c(Cl)cc(F)cc2Cl)CCCNC1. The molecule has 1 unspecified atom stereocenters. The fraction of sp³-hybridized carbons (Fsp3) is 0.533. The minimum absolute atomic E-state index is 0.105. The summed E-state index contributed by atoms with van der Waals surface area (Å²) in [6, 6.07) is 2.29. The average Bonchev–Trinajstić information content (AvgIpc) is 2.44. The summed E-state index contributed by atoms with van der Waals surface area (Å²) in [6.45, 7) is 3.63. The standard InChI is InChI=1S/C15H19Cl2FN2O/c1-2-4-15(5-3-6-19-9-15)14(21)20-13-11(16)7-10(18)8-12(13)17/h7-8,19H,2-6,9H2,1H3,(H,20,21). The number of hydrogen-bond donors (Lipinski definition) is 2. The number of benzene rings is 1. The maximum absolute atomic E-state index is 13.2. The van der Waals surface area contributed by atoms with Crippen LogP contribution in [0.15, 0.2) is 12.1 Å². The average molecular weight is 333 g/mol. The molecular weight excluding hydrogens is 314 g/mol. The van der Waals surface area contributed by atoms with Crippen LogP contribution in [-0.2, 0) is 4.79 Å². The highest BCUT2D eigenvalue weighted by Gasteiger charge is 2.39. The van der Waals surface area contributed by atoms with Gasteiger partial charge >= 0.3 is 0 Å². The van der Waals surface area contributed by atoms with Gasteiger partial charge in [0.05, 0.1) is 21.1 Å². The van der Waals surface area contributed by atoms with Crippen LogP contribution >= 0.6 is 23.2 Å². The molecule has 2 N–H and O–H groups in total. The van der Waals surface area contributed by atoms with E-state index in [1.54, 1.807) is 0 Å². The molecule has 1 aliphatic rings. The number of nitrogens with one attached hydrogen (secondary N) is 2. The van der Waals surface area contributed by atoms with Crippen molar-refractivity contribution in [1.82, 2.24) is 5.32 Å². The van der Waals surface area contributed by atoms with Gasteiger partial charge in [0.15, 0.2) is 0 Å². The molecule has 116 valence electrons. The van der Waals surface area contributed by atoms with Gasteiger partial charge in [-0.1, -0.05) is 36.5 Å². The summed E-state index contributed by atoms with van der Waals surface area (Å²) in [4.78, 5) is 12.7. The third-order valence-electron chi connectivity index (χ3n) is 3.93. The van der Waals surface area contributed by atoms with Crippen molar-refractivity contribution in [3.8, 4) is 0 Å². The first-order valence-electron chi connectivity index (χ1n) is 7.15. The Labute approximate surface area is 134 Å². The van der Waals surface area contributed by atoms with Crippen molar-refractivity contribution in [3.05, 3.63) is 28.0 Å². The molecule has 6 heteroatoms. The molecule has 0 bridgehead atoms. The van der Waals surface area contributed by atoms with Crippen LogP contribution in [0.4, 0.5) is 10.1 Å². The van der Waals surface area contributed by atoms with Crippen LogP contribution in [0.3, 0.4) is 0 Å². The molecule has 2 rings (SSSR count). The Morgan fingerprint density at radius 1 is 1.43 bits per heavy atom. The Morgan fingerprint density at radius 2 is 2.10 bits per heavy atom. The van der Waals surface area contributed by atoms with Crippen molar-refractivity contribution in [2.24, 2.45) is 5.41 Å². The lowest BCUT2D eigenvalue weighted by atomic mass is 9.76. The second-order valence-corrected chi connectivity index (χ2v) is 6.32. The van der Waals surface area contributed by atoms with Crippen molar-refractivity contribution in [3.63, 3.8) is 0 Å². The first-order chi connectivity index (χ1) is 9.98. The van der Waals surface area contributed by atoms with Crippen molar-refractivity contribution < 1.29 is 9.18 Å². The van der Waals surface area contributed by atoms with E-state index in [-0.39, 0.29) is 21.6 Å². The highest BCUT2D eigenvalue weighted by atomic mass is 35.5. The van der Waals surface area contributed by atoms with Crippen LogP contribution < -0.4 is 10.6 Å².